The summed E-state index contributed by atoms with van der Waals surface area (Å²) in [7, 11) is -7.37. The number of benzene rings is 1. The van der Waals surface area contributed by atoms with E-state index in [1.807, 2.05) is 0 Å². The van der Waals surface area contributed by atoms with Crippen LogP contribution in [0.1, 0.15) is 33.1 Å². The first-order chi connectivity index (χ1) is 12.6. The van der Waals surface area contributed by atoms with Gasteiger partial charge in [-0.3, -0.25) is 4.79 Å². The number of carbonyl (C=O) groups excluding carboxylic acids is 1. The Labute approximate surface area is 161 Å². The van der Waals surface area contributed by atoms with Crippen LogP contribution in [0.4, 0.5) is 0 Å². The molecule has 1 aromatic rings. The summed E-state index contributed by atoms with van der Waals surface area (Å²) in [5, 5.41) is 2.62. The second kappa shape index (κ2) is 9.13. The first-order valence-electron chi connectivity index (χ1n) is 9.02. The van der Waals surface area contributed by atoms with Gasteiger partial charge in [-0.2, -0.15) is 4.31 Å². The molecular weight excluding hydrogens is 390 g/mol. The van der Waals surface area contributed by atoms with Gasteiger partial charge in [0.2, 0.25) is 26.0 Å². The third kappa shape index (κ3) is 5.74. The molecule has 0 aliphatic carbocycles. The molecule has 0 bridgehead atoms. The van der Waals surface area contributed by atoms with Crippen molar-refractivity contribution in [3.8, 4) is 0 Å². The highest BCUT2D eigenvalue weighted by atomic mass is 32.2. The Morgan fingerprint density at radius 2 is 1.52 bits per heavy atom. The molecule has 1 aliphatic rings. The lowest BCUT2D eigenvalue weighted by Gasteiger charge is -2.25. The molecule has 0 saturated carbocycles. The number of hydrogen-bond donors (Lipinski definition) is 2. The van der Waals surface area contributed by atoms with Crippen molar-refractivity contribution in [1.82, 2.24) is 14.3 Å². The zero-order valence-electron chi connectivity index (χ0n) is 15.6. The Morgan fingerprint density at radius 3 is 2.07 bits per heavy atom. The van der Waals surface area contributed by atoms with Crippen LogP contribution in [-0.2, 0) is 24.8 Å². The van der Waals surface area contributed by atoms with E-state index in [1.165, 1.54) is 28.6 Å². The van der Waals surface area contributed by atoms with E-state index >= 15 is 0 Å². The fourth-order valence-electron chi connectivity index (χ4n) is 2.70. The van der Waals surface area contributed by atoms with Crippen LogP contribution in [0.25, 0.3) is 0 Å². The first kappa shape index (κ1) is 21.8. The summed E-state index contributed by atoms with van der Waals surface area (Å²) in [5.41, 5.74) is 0. The van der Waals surface area contributed by atoms with Gasteiger partial charge < -0.3 is 5.32 Å². The fourth-order valence-corrected chi connectivity index (χ4v) is 5.25. The van der Waals surface area contributed by atoms with E-state index in [1.54, 1.807) is 13.8 Å². The number of nitrogens with zero attached hydrogens (tertiary/aromatic N) is 1. The molecular formula is C17H27N3O5S2. The Balaban J connectivity index is 1.99. The number of carbonyl (C=O) groups is 1. The monoisotopic (exact) mass is 417 g/mol. The minimum atomic E-state index is -3.78. The van der Waals surface area contributed by atoms with Crippen molar-refractivity contribution in [2.24, 2.45) is 5.92 Å². The van der Waals surface area contributed by atoms with Crippen LogP contribution in [0.3, 0.4) is 0 Å². The van der Waals surface area contributed by atoms with Gasteiger partial charge in [0.05, 0.1) is 9.79 Å². The standard InChI is InChI=1S/C17H27N3O5S2/c1-14(2)17(21)18-10-11-19-26(22,23)15-6-8-16(9-7-15)27(24,25)20-12-4-3-5-13-20/h6-9,14,19H,3-5,10-13H2,1-2H3,(H,18,21). The van der Waals surface area contributed by atoms with Gasteiger partial charge in [0.25, 0.3) is 0 Å². The maximum absolute atomic E-state index is 12.6. The molecule has 1 amide bonds. The zero-order valence-corrected chi connectivity index (χ0v) is 17.3. The largest absolute Gasteiger partial charge is 0.355 e. The number of sulfonamides is 2. The van der Waals surface area contributed by atoms with Crippen LogP contribution in [0.2, 0.25) is 0 Å². The van der Waals surface area contributed by atoms with Gasteiger partial charge in [0, 0.05) is 32.1 Å². The third-order valence-electron chi connectivity index (χ3n) is 4.33. The van der Waals surface area contributed by atoms with Crippen molar-refractivity contribution in [2.75, 3.05) is 26.2 Å². The number of hydrogen-bond acceptors (Lipinski definition) is 5. The Kier molecular flexibility index (Phi) is 7.38. The molecule has 1 heterocycles. The average molecular weight is 418 g/mol. The van der Waals surface area contributed by atoms with Crippen LogP contribution in [0.15, 0.2) is 34.1 Å². The molecule has 1 fully saturated rings. The Bertz CT molecular complexity index is 843. The Hall–Kier alpha value is -1.49. The molecule has 0 spiro atoms. The minimum Gasteiger partial charge on any atom is -0.355 e. The summed E-state index contributed by atoms with van der Waals surface area (Å²) in [6, 6.07) is 5.20. The van der Waals surface area contributed by atoms with Crippen molar-refractivity contribution in [1.29, 1.82) is 0 Å². The summed E-state index contributed by atoms with van der Waals surface area (Å²) < 4.78 is 53.6. The molecule has 152 valence electrons. The number of rotatable bonds is 8. The van der Waals surface area contributed by atoms with Gasteiger partial charge in [-0.05, 0) is 37.1 Å². The fraction of sp³-hybridized carbons (Fsp3) is 0.588. The average Bonchev–Trinajstić information content (AvgIpc) is 2.65. The molecule has 0 atom stereocenters. The molecule has 27 heavy (non-hydrogen) atoms. The predicted molar refractivity (Wildman–Crippen MR) is 102 cm³/mol. The molecule has 2 N–H and O–H groups in total. The summed E-state index contributed by atoms with van der Waals surface area (Å²) in [6.45, 7) is 4.71. The van der Waals surface area contributed by atoms with Crippen molar-refractivity contribution in [2.45, 2.75) is 42.9 Å². The molecule has 1 aliphatic heterocycles. The van der Waals surface area contributed by atoms with Crippen LogP contribution in [0, 0.1) is 5.92 Å². The molecule has 1 aromatic carbocycles. The first-order valence-corrected chi connectivity index (χ1v) is 11.9. The van der Waals surface area contributed by atoms with E-state index in [0.29, 0.717) is 13.1 Å². The maximum Gasteiger partial charge on any atom is 0.243 e. The highest BCUT2D eigenvalue weighted by Gasteiger charge is 2.26. The minimum absolute atomic E-state index is 0.0183. The van der Waals surface area contributed by atoms with Gasteiger partial charge >= 0.3 is 0 Å². The molecule has 8 nitrogen and oxygen atoms in total. The Morgan fingerprint density at radius 1 is 0.963 bits per heavy atom. The molecule has 0 aromatic heterocycles. The van der Waals surface area contributed by atoms with Gasteiger partial charge in [-0.15, -0.1) is 0 Å². The number of amides is 1. The van der Waals surface area contributed by atoms with Crippen LogP contribution in [0.5, 0.6) is 0 Å². The lowest BCUT2D eigenvalue weighted by molar-refractivity contribution is -0.123. The van der Waals surface area contributed by atoms with Crippen LogP contribution < -0.4 is 10.0 Å². The van der Waals surface area contributed by atoms with E-state index in [-0.39, 0.29) is 34.7 Å². The highest BCUT2D eigenvalue weighted by molar-refractivity contribution is 7.89. The van der Waals surface area contributed by atoms with Gasteiger partial charge in [-0.1, -0.05) is 20.3 Å². The van der Waals surface area contributed by atoms with Gasteiger partial charge in [0.1, 0.15) is 0 Å². The summed E-state index contributed by atoms with van der Waals surface area (Å²) in [4.78, 5) is 11.5. The second-order valence-electron chi connectivity index (χ2n) is 6.78. The van der Waals surface area contributed by atoms with Crippen molar-refractivity contribution < 1.29 is 21.6 Å². The molecule has 0 radical (unpaired) electrons. The SMILES string of the molecule is CC(C)C(=O)NCCNS(=O)(=O)c1ccc(S(=O)(=O)N2CCCCC2)cc1. The molecule has 10 heteroatoms. The van der Waals surface area contributed by atoms with Gasteiger partial charge in [-0.25, -0.2) is 21.6 Å². The van der Waals surface area contributed by atoms with Crippen molar-refractivity contribution >= 4 is 26.0 Å². The smallest absolute Gasteiger partial charge is 0.243 e. The van der Waals surface area contributed by atoms with E-state index in [2.05, 4.69) is 10.0 Å². The lowest BCUT2D eigenvalue weighted by Crippen LogP contribution is -2.36. The predicted octanol–water partition coefficient (Wildman–Crippen LogP) is 0.912. The zero-order chi connectivity index (χ0) is 20.1. The highest BCUT2D eigenvalue weighted by Crippen LogP contribution is 2.21. The lowest BCUT2D eigenvalue weighted by atomic mass is 10.2. The maximum atomic E-state index is 12.6. The van der Waals surface area contributed by atoms with Crippen molar-refractivity contribution in [3.05, 3.63) is 24.3 Å². The van der Waals surface area contributed by atoms with E-state index < -0.39 is 20.0 Å². The second-order valence-corrected chi connectivity index (χ2v) is 10.5. The quantitative estimate of drug-likeness (QED) is 0.611. The topological polar surface area (TPSA) is 113 Å². The number of nitrogens with one attached hydrogen (secondary N) is 2. The van der Waals surface area contributed by atoms with Crippen LogP contribution in [-0.4, -0.2) is 53.2 Å². The van der Waals surface area contributed by atoms with E-state index in [4.69, 9.17) is 0 Å². The molecule has 2 rings (SSSR count). The van der Waals surface area contributed by atoms with E-state index in [0.717, 1.165) is 19.3 Å². The van der Waals surface area contributed by atoms with Crippen LogP contribution >= 0.6 is 0 Å². The molecule has 0 unspecified atom stereocenters. The van der Waals surface area contributed by atoms with E-state index in [9.17, 15) is 21.6 Å². The summed E-state index contributed by atoms with van der Waals surface area (Å²) in [5.74, 6) is -0.322. The summed E-state index contributed by atoms with van der Waals surface area (Å²) in [6.07, 6.45) is 2.69. The summed E-state index contributed by atoms with van der Waals surface area (Å²) >= 11 is 0. The number of piperidine rings is 1. The van der Waals surface area contributed by atoms with Crippen molar-refractivity contribution in [3.63, 3.8) is 0 Å². The molecule has 1 saturated heterocycles. The van der Waals surface area contributed by atoms with Gasteiger partial charge in [0.15, 0.2) is 0 Å². The normalized spacial score (nSPS) is 16.4. The third-order valence-corrected chi connectivity index (χ3v) is 7.72.